The number of halogens is 2. The highest BCUT2D eigenvalue weighted by Gasteiger charge is 2.27. The van der Waals surface area contributed by atoms with Crippen molar-refractivity contribution in [1.29, 1.82) is 0 Å². The number of alkyl halides is 2. The number of ether oxygens (including phenoxy) is 1. The van der Waals surface area contributed by atoms with Crippen LogP contribution in [0.1, 0.15) is 6.92 Å². The molecule has 4 nitrogen and oxygen atoms in total. The van der Waals surface area contributed by atoms with E-state index >= 15 is 0 Å². The van der Waals surface area contributed by atoms with E-state index in [4.69, 9.17) is 23.2 Å². The molecule has 0 spiro atoms. The normalized spacial score (nSPS) is 13.1. The number of hydrogen-bond donors (Lipinski definition) is 1. The maximum atomic E-state index is 11.4. The topological polar surface area (TPSA) is 55.4 Å². The first-order valence-corrected chi connectivity index (χ1v) is 6.74. The van der Waals surface area contributed by atoms with Crippen LogP contribution in [0.25, 0.3) is 0 Å². The molecule has 0 bridgehead atoms. The van der Waals surface area contributed by atoms with Gasteiger partial charge >= 0.3 is 0 Å². The quantitative estimate of drug-likeness (QED) is 0.692. The summed E-state index contributed by atoms with van der Waals surface area (Å²) >= 11 is 11.2. The number of sulfonamides is 1. The number of methoxy groups -OCH3 is 1. The smallest absolute Gasteiger partial charge is 0.214 e. The Balaban J connectivity index is 4.33. The molecule has 0 aliphatic heterocycles. The average Bonchev–Trinajstić information content (AvgIpc) is 2.14. The van der Waals surface area contributed by atoms with Gasteiger partial charge in [-0.3, -0.25) is 0 Å². The second-order valence-corrected chi connectivity index (χ2v) is 5.62. The van der Waals surface area contributed by atoms with Crippen molar-refractivity contribution in [3.63, 3.8) is 0 Å². The Kier molecular flexibility index (Phi) is 6.32. The highest BCUT2D eigenvalue weighted by atomic mass is 35.5. The van der Waals surface area contributed by atoms with Gasteiger partial charge in [-0.2, -0.15) is 0 Å². The second kappa shape index (κ2) is 6.12. The number of hydrogen-bond acceptors (Lipinski definition) is 3. The summed E-state index contributed by atoms with van der Waals surface area (Å²) in [7, 11) is -1.93. The minimum absolute atomic E-state index is 0.0904. The Hall–Kier alpha value is 0.450. The summed E-state index contributed by atoms with van der Waals surface area (Å²) in [5.74, 6) is 0.165. The van der Waals surface area contributed by atoms with Crippen molar-refractivity contribution in [2.24, 2.45) is 0 Å². The van der Waals surface area contributed by atoms with E-state index in [2.05, 4.69) is 9.46 Å². The Morgan fingerprint density at radius 3 is 2.21 bits per heavy atom. The molecule has 0 saturated heterocycles. The lowest BCUT2D eigenvalue weighted by Gasteiger charge is -2.25. The molecule has 86 valence electrons. The molecule has 0 aromatic rings. The maximum Gasteiger partial charge on any atom is 0.214 e. The van der Waals surface area contributed by atoms with Crippen molar-refractivity contribution in [3.05, 3.63) is 0 Å². The minimum Gasteiger partial charge on any atom is -0.384 e. The van der Waals surface area contributed by atoms with Crippen LogP contribution < -0.4 is 4.72 Å². The van der Waals surface area contributed by atoms with Gasteiger partial charge in [0.15, 0.2) is 0 Å². The molecule has 0 heterocycles. The Labute approximate surface area is 95.0 Å². The number of nitrogens with one attached hydrogen (secondary N) is 1. The SMILES string of the molecule is COCCS(=O)(=O)NC(C)(CCl)CCl. The molecule has 0 aromatic carbocycles. The van der Waals surface area contributed by atoms with Crippen molar-refractivity contribution in [3.8, 4) is 0 Å². The Morgan fingerprint density at radius 2 is 1.86 bits per heavy atom. The van der Waals surface area contributed by atoms with E-state index in [0.717, 1.165) is 0 Å². The molecule has 0 rings (SSSR count). The Morgan fingerprint density at radius 1 is 1.36 bits per heavy atom. The van der Waals surface area contributed by atoms with Crippen molar-refractivity contribution < 1.29 is 13.2 Å². The summed E-state index contributed by atoms with van der Waals surface area (Å²) in [6.07, 6.45) is 0. The molecule has 0 radical (unpaired) electrons. The summed E-state index contributed by atoms with van der Waals surface area (Å²) in [5.41, 5.74) is -0.796. The van der Waals surface area contributed by atoms with Gasteiger partial charge in [-0.1, -0.05) is 0 Å². The lowest BCUT2D eigenvalue weighted by atomic mass is 10.1. The first-order chi connectivity index (χ1) is 6.39. The van der Waals surface area contributed by atoms with Crippen molar-refractivity contribution in [2.75, 3.05) is 31.2 Å². The second-order valence-electron chi connectivity index (χ2n) is 3.24. The van der Waals surface area contributed by atoms with Crippen molar-refractivity contribution >= 4 is 33.2 Å². The molecule has 0 amide bonds. The van der Waals surface area contributed by atoms with Crippen molar-refractivity contribution in [2.45, 2.75) is 12.5 Å². The maximum absolute atomic E-state index is 11.4. The lowest BCUT2D eigenvalue weighted by Crippen LogP contribution is -2.50. The standard InChI is InChI=1S/C7H15Cl2NO3S/c1-7(5-8,6-9)10-14(11,12)4-3-13-2/h10H,3-6H2,1-2H3. The lowest BCUT2D eigenvalue weighted by molar-refractivity contribution is 0.216. The largest absolute Gasteiger partial charge is 0.384 e. The van der Waals surface area contributed by atoms with Gasteiger partial charge < -0.3 is 4.74 Å². The molecule has 0 aliphatic rings. The predicted octanol–water partition coefficient (Wildman–Crippen LogP) is 0.788. The van der Waals surface area contributed by atoms with Crippen LogP contribution in [0, 0.1) is 0 Å². The zero-order chi connectivity index (χ0) is 11.2. The minimum atomic E-state index is -3.37. The third-order valence-electron chi connectivity index (χ3n) is 1.55. The highest BCUT2D eigenvalue weighted by molar-refractivity contribution is 7.89. The summed E-state index contributed by atoms with van der Waals surface area (Å²) in [6, 6.07) is 0. The average molecular weight is 264 g/mol. The van der Waals surface area contributed by atoms with Gasteiger partial charge in [0, 0.05) is 18.9 Å². The molecule has 0 aromatic heterocycles. The zero-order valence-electron chi connectivity index (χ0n) is 8.22. The first-order valence-electron chi connectivity index (χ1n) is 4.01. The van der Waals surface area contributed by atoms with E-state index in [0.29, 0.717) is 0 Å². The molecule has 0 saturated carbocycles. The van der Waals surface area contributed by atoms with Crippen LogP contribution in [0.2, 0.25) is 0 Å². The highest BCUT2D eigenvalue weighted by Crippen LogP contribution is 2.10. The molecule has 14 heavy (non-hydrogen) atoms. The van der Waals surface area contributed by atoms with Gasteiger partial charge in [-0.25, -0.2) is 13.1 Å². The van der Waals surface area contributed by atoms with Gasteiger partial charge in [-0.15, -0.1) is 23.2 Å². The fraction of sp³-hybridized carbons (Fsp3) is 1.00. The summed E-state index contributed by atoms with van der Waals surface area (Å²) in [4.78, 5) is 0. The fourth-order valence-electron chi connectivity index (χ4n) is 0.710. The van der Waals surface area contributed by atoms with Crippen LogP contribution in [0.3, 0.4) is 0 Å². The van der Waals surface area contributed by atoms with Crippen LogP contribution in [0.15, 0.2) is 0 Å². The van der Waals surface area contributed by atoms with Crippen molar-refractivity contribution in [1.82, 2.24) is 4.72 Å². The van der Waals surface area contributed by atoms with Gasteiger partial charge in [0.05, 0.1) is 17.9 Å². The predicted molar refractivity (Wildman–Crippen MR) is 58.6 cm³/mol. The molecule has 0 unspecified atom stereocenters. The molecule has 0 aliphatic carbocycles. The third kappa shape index (κ3) is 5.36. The fourth-order valence-corrected chi connectivity index (χ4v) is 2.67. The molecule has 1 N–H and O–H groups in total. The Bertz CT molecular complexity index is 252. The molecular weight excluding hydrogens is 249 g/mol. The summed E-state index contributed by atoms with van der Waals surface area (Å²) in [6.45, 7) is 1.80. The van der Waals surface area contributed by atoms with E-state index < -0.39 is 15.6 Å². The van der Waals surface area contributed by atoms with Gasteiger partial charge in [0.1, 0.15) is 0 Å². The van der Waals surface area contributed by atoms with Crippen LogP contribution in [0.5, 0.6) is 0 Å². The van der Waals surface area contributed by atoms with E-state index in [1.54, 1.807) is 6.92 Å². The summed E-state index contributed by atoms with van der Waals surface area (Å²) < 4.78 is 29.9. The zero-order valence-corrected chi connectivity index (χ0v) is 10.5. The van der Waals surface area contributed by atoms with Gasteiger partial charge in [0.25, 0.3) is 0 Å². The van der Waals surface area contributed by atoms with Crippen LogP contribution in [-0.4, -0.2) is 45.2 Å². The third-order valence-corrected chi connectivity index (χ3v) is 4.24. The summed E-state index contributed by atoms with van der Waals surface area (Å²) in [5, 5.41) is 0. The molecule has 0 fully saturated rings. The molecule has 0 atom stereocenters. The van der Waals surface area contributed by atoms with E-state index in [9.17, 15) is 8.42 Å². The van der Waals surface area contributed by atoms with Gasteiger partial charge in [0.2, 0.25) is 10.0 Å². The molecular formula is C7H15Cl2NO3S. The molecule has 7 heteroatoms. The van der Waals surface area contributed by atoms with Gasteiger partial charge in [-0.05, 0) is 6.92 Å². The number of rotatable bonds is 7. The van der Waals surface area contributed by atoms with E-state index in [-0.39, 0.29) is 24.1 Å². The van der Waals surface area contributed by atoms with E-state index in [1.165, 1.54) is 7.11 Å². The van der Waals surface area contributed by atoms with Crippen LogP contribution >= 0.6 is 23.2 Å². The van der Waals surface area contributed by atoms with Crippen LogP contribution in [-0.2, 0) is 14.8 Å². The van der Waals surface area contributed by atoms with Crippen LogP contribution in [0.4, 0.5) is 0 Å². The first kappa shape index (κ1) is 14.5. The monoisotopic (exact) mass is 263 g/mol. The van der Waals surface area contributed by atoms with E-state index in [1.807, 2.05) is 0 Å².